The van der Waals surface area contributed by atoms with Crippen LogP contribution in [0.1, 0.15) is 72.4 Å². The number of hydrogen-bond donors (Lipinski definition) is 1. The van der Waals surface area contributed by atoms with E-state index in [1.165, 1.54) is 11.9 Å². The summed E-state index contributed by atoms with van der Waals surface area (Å²) in [5.74, 6) is -2.23. The molecule has 1 heterocycles. The molecular weight excluding hydrogens is 762 g/mol. The number of nitrogens with zero attached hydrogens (tertiary/aromatic N) is 2. The Morgan fingerprint density at radius 2 is 1.34 bits per heavy atom. The molecule has 0 aromatic heterocycles. The smallest absolute Gasteiger partial charge is 0.410 e. The van der Waals surface area contributed by atoms with E-state index in [4.69, 9.17) is 21.1 Å². The van der Waals surface area contributed by atoms with Crippen molar-refractivity contribution in [3.8, 4) is 11.1 Å². The number of hydrogen-bond acceptors (Lipinski definition) is 6. The van der Waals surface area contributed by atoms with Crippen LogP contribution < -0.4 is 5.32 Å². The maximum Gasteiger partial charge on any atom is 0.410 e. The minimum absolute atomic E-state index is 0.0844. The van der Waals surface area contributed by atoms with Crippen molar-refractivity contribution in [1.82, 2.24) is 15.1 Å². The largest absolute Gasteiger partial charge is 0.448 e. The summed E-state index contributed by atoms with van der Waals surface area (Å²) in [5.41, 5.74) is 5.74. The molecule has 9 nitrogen and oxygen atoms in total. The van der Waals surface area contributed by atoms with E-state index < -0.39 is 48.0 Å². The van der Waals surface area contributed by atoms with Gasteiger partial charge in [-0.25, -0.2) is 4.79 Å². The minimum atomic E-state index is -1.50. The number of aryl methyl sites for hydroxylation is 1. The summed E-state index contributed by atoms with van der Waals surface area (Å²) in [5, 5.41) is 3.27. The Hall–Kier alpha value is -5.93. The number of likely N-dealkylation sites (tertiary alicyclic amines) is 1. The van der Waals surface area contributed by atoms with E-state index in [0.29, 0.717) is 34.8 Å². The Balaban J connectivity index is 1.14. The van der Waals surface area contributed by atoms with Crippen molar-refractivity contribution in [2.24, 2.45) is 5.92 Å². The number of carbonyl (C=O) groups excluding carboxylic acids is 4. The molecule has 2 aliphatic rings. The lowest BCUT2D eigenvalue weighted by Crippen LogP contribution is -2.56. The third kappa shape index (κ3) is 8.48. The van der Waals surface area contributed by atoms with Crippen LogP contribution in [0.25, 0.3) is 11.1 Å². The Bertz CT molecular complexity index is 2260. The Morgan fingerprint density at radius 3 is 1.95 bits per heavy atom. The summed E-state index contributed by atoms with van der Waals surface area (Å²) in [6, 6.07) is 38.1. The molecule has 3 atom stereocenters. The third-order valence-electron chi connectivity index (χ3n) is 11.5. The van der Waals surface area contributed by atoms with E-state index >= 15 is 0 Å². The summed E-state index contributed by atoms with van der Waals surface area (Å²) in [7, 11) is 1.52. The van der Waals surface area contributed by atoms with Crippen LogP contribution in [0.3, 0.4) is 0 Å². The quantitative estimate of drug-likeness (QED) is 0.0942. The molecule has 1 aliphatic carbocycles. The van der Waals surface area contributed by atoms with Crippen molar-refractivity contribution >= 4 is 35.5 Å². The molecule has 0 spiro atoms. The number of ether oxygens (including phenoxy) is 2. The van der Waals surface area contributed by atoms with Gasteiger partial charge in [-0.1, -0.05) is 152 Å². The molecule has 3 amide bonds. The highest BCUT2D eigenvalue weighted by atomic mass is 35.5. The van der Waals surface area contributed by atoms with Crippen molar-refractivity contribution in [2.45, 2.75) is 63.6 Å². The number of benzene rings is 5. The predicted molar refractivity (Wildman–Crippen MR) is 229 cm³/mol. The van der Waals surface area contributed by atoms with Crippen LogP contribution in [-0.2, 0) is 29.5 Å². The summed E-state index contributed by atoms with van der Waals surface area (Å²) < 4.78 is 12.6. The zero-order chi connectivity index (χ0) is 41.7. The maximum atomic E-state index is 14.5. The molecule has 304 valence electrons. The molecule has 1 unspecified atom stereocenters. The van der Waals surface area contributed by atoms with Crippen molar-refractivity contribution < 1.29 is 28.7 Å². The van der Waals surface area contributed by atoms with Gasteiger partial charge in [0.05, 0.1) is 6.42 Å². The lowest BCUT2D eigenvalue weighted by atomic mass is 9.79. The van der Waals surface area contributed by atoms with Crippen molar-refractivity contribution in [3.63, 3.8) is 0 Å². The molecule has 1 N–H and O–H groups in total. The number of esters is 1. The topological polar surface area (TPSA) is 105 Å². The van der Waals surface area contributed by atoms with Gasteiger partial charge in [-0.2, -0.15) is 0 Å². The SMILES string of the molecule is Cc1ccc(C(OC(=O)C[C@H](NC(=O)[C@H](C(C)C)N(C)C(=O)OCC2c3ccccc3-c3ccccc32)C(=O)N2CCCC2)(c2ccccc2)c2ccccc2Cl)cc1. The van der Waals surface area contributed by atoms with Crippen LogP contribution in [0, 0.1) is 12.8 Å². The highest BCUT2D eigenvalue weighted by Crippen LogP contribution is 2.45. The van der Waals surface area contributed by atoms with E-state index in [2.05, 4.69) is 17.4 Å². The van der Waals surface area contributed by atoms with E-state index in [9.17, 15) is 19.2 Å². The predicted octanol–water partition coefficient (Wildman–Crippen LogP) is 8.89. The van der Waals surface area contributed by atoms with Crippen LogP contribution in [0.4, 0.5) is 4.79 Å². The number of nitrogens with one attached hydrogen (secondary N) is 1. The first-order chi connectivity index (χ1) is 28.5. The molecular formula is C49H50ClN3O6. The average molecular weight is 812 g/mol. The van der Waals surface area contributed by atoms with Gasteiger partial charge in [-0.05, 0) is 54.0 Å². The normalized spacial score (nSPS) is 15.4. The first kappa shape index (κ1) is 41.2. The average Bonchev–Trinajstić information content (AvgIpc) is 3.89. The molecule has 10 heteroatoms. The van der Waals surface area contributed by atoms with Gasteiger partial charge in [0.2, 0.25) is 11.8 Å². The summed E-state index contributed by atoms with van der Waals surface area (Å²) >= 11 is 6.91. The molecule has 1 aliphatic heterocycles. The van der Waals surface area contributed by atoms with E-state index in [1.54, 1.807) is 11.0 Å². The number of amides is 3. The van der Waals surface area contributed by atoms with Gasteiger partial charge < -0.3 is 19.7 Å². The maximum absolute atomic E-state index is 14.5. The first-order valence-electron chi connectivity index (χ1n) is 20.3. The highest BCUT2D eigenvalue weighted by molar-refractivity contribution is 6.31. The van der Waals surface area contributed by atoms with Gasteiger partial charge in [-0.3, -0.25) is 19.3 Å². The van der Waals surface area contributed by atoms with Crippen molar-refractivity contribution in [2.75, 3.05) is 26.7 Å². The summed E-state index contributed by atoms with van der Waals surface area (Å²) in [4.78, 5) is 59.8. The molecule has 0 radical (unpaired) electrons. The number of halogens is 1. The van der Waals surface area contributed by atoms with Crippen molar-refractivity contribution in [1.29, 1.82) is 0 Å². The zero-order valence-electron chi connectivity index (χ0n) is 33.9. The molecule has 59 heavy (non-hydrogen) atoms. The van der Waals surface area contributed by atoms with Gasteiger partial charge >= 0.3 is 12.1 Å². The van der Waals surface area contributed by atoms with Crippen molar-refractivity contribution in [3.05, 3.63) is 166 Å². The van der Waals surface area contributed by atoms with Crippen LogP contribution >= 0.6 is 11.6 Å². The Labute approximate surface area is 351 Å². The number of carbonyl (C=O) groups is 4. The fourth-order valence-corrected chi connectivity index (χ4v) is 8.86. The number of fused-ring (bicyclic) bond motifs is 3. The lowest BCUT2D eigenvalue weighted by Gasteiger charge is -2.36. The summed E-state index contributed by atoms with van der Waals surface area (Å²) in [6.07, 6.45) is 0.485. The second-order valence-electron chi connectivity index (χ2n) is 15.8. The Kier molecular flexibility index (Phi) is 12.5. The summed E-state index contributed by atoms with van der Waals surface area (Å²) in [6.45, 7) is 6.71. The van der Waals surface area contributed by atoms with Gasteiger partial charge in [0.15, 0.2) is 5.60 Å². The monoisotopic (exact) mass is 811 g/mol. The second kappa shape index (κ2) is 17.9. The van der Waals surface area contributed by atoms with Gasteiger partial charge in [-0.15, -0.1) is 0 Å². The molecule has 5 aromatic carbocycles. The molecule has 5 aromatic rings. The van der Waals surface area contributed by atoms with Crippen LogP contribution in [0.15, 0.2) is 127 Å². The molecule has 7 rings (SSSR count). The number of likely N-dealkylation sites (N-methyl/N-ethyl adjacent to an activating group) is 1. The van der Waals surface area contributed by atoms with Crippen LogP contribution in [-0.4, -0.2) is 72.5 Å². The lowest BCUT2D eigenvalue weighted by molar-refractivity contribution is -0.156. The van der Waals surface area contributed by atoms with Gasteiger partial charge in [0, 0.05) is 47.8 Å². The molecule has 1 fully saturated rings. The second-order valence-corrected chi connectivity index (χ2v) is 16.2. The van der Waals surface area contributed by atoms with Crippen LogP contribution in [0.5, 0.6) is 0 Å². The van der Waals surface area contributed by atoms with E-state index in [-0.39, 0.29) is 18.4 Å². The molecule has 0 bridgehead atoms. The zero-order valence-corrected chi connectivity index (χ0v) is 34.7. The fraction of sp³-hybridized carbons (Fsp3) is 0.306. The Morgan fingerprint density at radius 1 is 0.780 bits per heavy atom. The third-order valence-corrected chi connectivity index (χ3v) is 11.8. The standard InChI is InChI=1S/C49H50ClN3O6/c1-32(2)45(52(4)48(57)58-31-40-38-20-10-8-18-36(38)37-19-9-11-21-39(37)40)46(55)51-43(47(56)53-28-14-15-29-53)30-44(54)59-49(34-16-6-5-7-17-34,35-26-24-33(3)25-27-35)41-22-12-13-23-42(41)50/h5-13,16-27,32,40,43,45H,14-15,28-31H2,1-4H3,(H,51,55)/t43-,45-,49?/m0/s1. The van der Waals surface area contributed by atoms with E-state index in [1.807, 2.05) is 130 Å². The minimum Gasteiger partial charge on any atom is -0.448 e. The van der Waals surface area contributed by atoms with Gasteiger partial charge in [0.1, 0.15) is 18.7 Å². The van der Waals surface area contributed by atoms with Gasteiger partial charge in [0.25, 0.3) is 0 Å². The molecule has 1 saturated heterocycles. The van der Waals surface area contributed by atoms with E-state index in [0.717, 1.165) is 40.7 Å². The highest BCUT2D eigenvalue weighted by Gasteiger charge is 2.44. The fourth-order valence-electron chi connectivity index (χ4n) is 8.59. The first-order valence-corrected chi connectivity index (χ1v) is 20.6. The molecule has 0 saturated carbocycles. The number of rotatable bonds is 13. The van der Waals surface area contributed by atoms with Crippen LogP contribution in [0.2, 0.25) is 5.02 Å².